The molecule has 1 aromatic rings. The second-order valence-electron chi connectivity index (χ2n) is 5.13. The van der Waals surface area contributed by atoms with Gasteiger partial charge in [-0.1, -0.05) is 45.0 Å². The predicted molar refractivity (Wildman–Crippen MR) is 78.2 cm³/mol. The van der Waals surface area contributed by atoms with Gasteiger partial charge in [0.2, 0.25) is 0 Å². The van der Waals surface area contributed by atoms with Crippen molar-refractivity contribution < 1.29 is 0 Å². The minimum atomic E-state index is 0.0108. The third kappa shape index (κ3) is 3.63. The molecule has 0 radical (unpaired) electrons. The van der Waals surface area contributed by atoms with Crippen molar-refractivity contribution in [3.8, 4) is 0 Å². The van der Waals surface area contributed by atoms with Crippen molar-refractivity contribution in [1.29, 1.82) is 0 Å². The summed E-state index contributed by atoms with van der Waals surface area (Å²) in [6.45, 7) is 6.57. The molecule has 17 heavy (non-hydrogen) atoms. The first-order chi connectivity index (χ1) is 8.07. The fourth-order valence-electron chi connectivity index (χ4n) is 1.94. The van der Waals surface area contributed by atoms with E-state index in [1.807, 2.05) is 0 Å². The van der Waals surface area contributed by atoms with E-state index in [0.29, 0.717) is 17.7 Å². The molecule has 0 saturated heterocycles. The SMILES string of the molecule is CCc1ccc(CC(CCl)(CCl)C(C)C)cc1. The molecule has 96 valence electrons. The van der Waals surface area contributed by atoms with Gasteiger partial charge in [-0.25, -0.2) is 0 Å². The Bertz CT molecular complexity index is 323. The van der Waals surface area contributed by atoms with Crippen LogP contribution in [0.2, 0.25) is 0 Å². The van der Waals surface area contributed by atoms with Gasteiger partial charge in [0, 0.05) is 17.2 Å². The fourth-order valence-corrected chi connectivity index (χ4v) is 3.03. The lowest BCUT2D eigenvalue weighted by atomic mass is 9.76. The third-order valence-electron chi connectivity index (χ3n) is 3.74. The molecule has 1 rings (SSSR count). The second kappa shape index (κ2) is 6.66. The predicted octanol–water partition coefficient (Wildman–Crippen LogP) is 4.91. The van der Waals surface area contributed by atoms with Crippen molar-refractivity contribution >= 4 is 23.2 Å². The average molecular weight is 273 g/mol. The van der Waals surface area contributed by atoms with Crippen LogP contribution in [0.3, 0.4) is 0 Å². The van der Waals surface area contributed by atoms with Crippen LogP contribution < -0.4 is 0 Å². The molecule has 2 heteroatoms. The molecule has 0 spiro atoms. The molecule has 0 heterocycles. The van der Waals surface area contributed by atoms with E-state index >= 15 is 0 Å². The van der Waals surface area contributed by atoms with Gasteiger partial charge in [0.05, 0.1) is 0 Å². The molecule has 0 bridgehead atoms. The van der Waals surface area contributed by atoms with Crippen molar-refractivity contribution in [1.82, 2.24) is 0 Å². The Kier molecular flexibility index (Phi) is 5.82. The van der Waals surface area contributed by atoms with Crippen LogP contribution in [-0.2, 0) is 12.8 Å². The number of hydrogen-bond donors (Lipinski definition) is 0. The van der Waals surface area contributed by atoms with E-state index in [1.165, 1.54) is 11.1 Å². The van der Waals surface area contributed by atoms with Gasteiger partial charge in [0.25, 0.3) is 0 Å². The van der Waals surface area contributed by atoms with Crippen LogP contribution in [0.5, 0.6) is 0 Å². The van der Waals surface area contributed by atoms with Gasteiger partial charge in [-0.05, 0) is 29.9 Å². The molecule has 0 fully saturated rings. The number of halogens is 2. The van der Waals surface area contributed by atoms with Crippen LogP contribution >= 0.6 is 23.2 Å². The number of hydrogen-bond acceptors (Lipinski definition) is 0. The second-order valence-corrected chi connectivity index (χ2v) is 5.67. The monoisotopic (exact) mass is 272 g/mol. The van der Waals surface area contributed by atoms with Gasteiger partial charge < -0.3 is 0 Å². The van der Waals surface area contributed by atoms with E-state index in [-0.39, 0.29) is 5.41 Å². The molecule has 0 aromatic heterocycles. The van der Waals surface area contributed by atoms with Crippen molar-refractivity contribution in [3.63, 3.8) is 0 Å². The summed E-state index contributed by atoms with van der Waals surface area (Å²) in [4.78, 5) is 0. The minimum absolute atomic E-state index is 0.0108. The highest BCUT2D eigenvalue weighted by atomic mass is 35.5. The molecule has 0 aliphatic heterocycles. The first-order valence-corrected chi connectivity index (χ1v) is 7.34. The van der Waals surface area contributed by atoms with E-state index in [2.05, 4.69) is 45.0 Å². The zero-order chi connectivity index (χ0) is 12.9. The van der Waals surface area contributed by atoms with Crippen LogP contribution in [0.25, 0.3) is 0 Å². The van der Waals surface area contributed by atoms with Crippen molar-refractivity contribution in [3.05, 3.63) is 35.4 Å². The Morgan fingerprint density at radius 3 is 1.82 bits per heavy atom. The summed E-state index contributed by atoms with van der Waals surface area (Å²) < 4.78 is 0. The lowest BCUT2D eigenvalue weighted by molar-refractivity contribution is 0.259. The number of benzene rings is 1. The van der Waals surface area contributed by atoms with Gasteiger partial charge in [-0.3, -0.25) is 0 Å². The van der Waals surface area contributed by atoms with Crippen LogP contribution in [0, 0.1) is 11.3 Å². The zero-order valence-electron chi connectivity index (χ0n) is 11.0. The molecule has 0 aliphatic carbocycles. The molecule has 0 nitrogen and oxygen atoms in total. The lowest BCUT2D eigenvalue weighted by Crippen LogP contribution is -2.34. The summed E-state index contributed by atoms with van der Waals surface area (Å²) in [7, 11) is 0. The standard InChI is InChI=1S/C15H22Cl2/c1-4-13-5-7-14(8-6-13)9-15(10-16,11-17)12(2)3/h5-8,12H,4,9-11H2,1-3H3. The highest BCUT2D eigenvalue weighted by molar-refractivity contribution is 6.21. The van der Waals surface area contributed by atoms with E-state index in [0.717, 1.165) is 12.8 Å². The number of rotatable bonds is 6. The highest BCUT2D eigenvalue weighted by Crippen LogP contribution is 2.34. The topological polar surface area (TPSA) is 0 Å². The van der Waals surface area contributed by atoms with Crippen LogP contribution in [0.1, 0.15) is 31.9 Å². The summed E-state index contributed by atoms with van der Waals surface area (Å²) in [5.41, 5.74) is 2.72. The van der Waals surface area contributed by atoms with E-state index in [9.17, 15) is 0 Å². The van der Waals surface area contributed by atoms with E-state index in [1.54, 1.807) is 0 Å². The minimum Gasteiger partial charge on any atom is -0.126 e. The van der Waals surface area contributed by atoms with Gasteiger partial charge in [0.15, 0.2) is 0 Å². The Hall–Kier alpha value is -0.200. The lowest BCUT2D eigenvalue weighted by Gasteiger charge is -2.34. The van der Waals surface area contributed by atoms with Gasteiger partial charge in [-0.15, -0.1) is 23.2 Å². The maximum atomic E-state index is 6.14. The zero-order valence-corrected chi connectivity index (χ0v) is 12.5. The molecular weight excluding hydrogens is 251 g/mol. The van der Waals surface area contributed by atoms with Crippen LogP contribution in [0.4, 0.5) is 0 Å². The normalized spacial score (nSPS) is 12.1. The Morgan fingerprint density at radius 1 is 1.00 bits per heavy atom. The van der Waals surface area contributed by atoms with Gasteiger partial charge >= 0.3 is 0 Å². The molecule has 0 N–H and O–H groups in total. The van der Waals surface area contributed by atoms with Crippen molar-refractivity contribution in [2.45, 2.75) is 33.6 Å². The summed E-state index contributed by atoms with van der Waals surface area (Å²) in [5.74, 6) is 1.72. The molecule has 0 saturated carbocycles. The van der Waals surface area contributed by atoms with Crippen molar-refractivity contribution in [2.24, 2.45) is 11.3 Å². The first kappa shape index (κ1) is 14.9. The third-order valence-corrected chi connectivity index (χ3v) is 4.81. The molecule has 1 aromatic carbocycles. The summed E-state index contributed by atoms with van der Waals surface area (Å²) in [6.07, 6.45) is 2.04. The highest BCUT2D eigenvalue weighted by Gasteiger charge is 2.32. The van der Waals surface area contributed by atoms with E-state index < -0.39 is 0 Å². The summed E-state index contributed by atoms with van der Waals surface area (Å²) in [5, 5.41) is 0. The fraction of sp³-hybridized carbons (Fsp3) is 0.600. The van der Waals surface area contributed by atoms with Crippen LogP contribution in [-0.4, -0.2) is 11.8 Å². The maximum Gasteiger partial charge on any atom is 0.0297 e. The molecule has 0 aliphatic rings. The van der Waals surface area contributed by atoms with Gasteiger partial charge in [0.1, 0.15) is 0 Å². The van der Waals surface area contributed by atoms with E-state index in [4.69, 9.17) is 23.2 Å². The quantitative estimate of drug-likeness (QED) is 0.646. The number of aryl methyl sites for hydroxylation is 1. The molecular formula is C15H22Cl2. The van der Waals surface area contributed by atoms with Gasteiger partial charge in [-0.2, -0.15) is 0 Å². The molecule has 0 unspecified atom stereocenters. The van der Waals surface area contributed by atoms with Crippen LogP contribution in [0.15, 0.2) is 24.3 Å². The van der Waals surface area contributed by atoms with Crippen molar-refractivity contribution in [2.75, 3.05) is 11.8 Å². The molecule has 0 amide bonds. The largest absolute Gasteiger partial charge is 0.126 e. The Morgan fingerprint density at radius 2 is 1.47 bits per heavy atom. The smallest absolute Gasteiger partial charge is 0.0297 e. The number of alkyl halides is 2. The summed E-state index contributed by atoms with van der Waals surface area (Å²) >= 11 is 12.3. The Labute approximate surface area is 115 Å². The summed E-state index contributed by atoms with van der Waals surface area (Å²) in [6, 6.07) is 8.80. The average Bonchev–Trinajstić information content (AvgIpc) is 2.36. The first-order valence-electron chi connectivity index (χ1n) is 6.27. The maximum absolute atomic E-state index is 6.14. The Balaban J connectivity index is 2.85. The molecule has 0 atom stereocenters.